The van der Waals surface area contributed by atoms with Gasteiger partial charge >= 0.3 is 0 Å². The molecule has 11 aromatic rings. The van der Waals surface area contributed by atoms with Crippen molar-refractivity contribution < 1.29 is 0 Å². The van der Waals surface area contributed by atoms with E-state index in [-0.39, 0.29) is 10.8 Å². The molecule has 1 heteroatoms. The second-order valence-corrected chi connectivity index (χ2v) is 21.5. The van der Waals surface area contributed by atoms with Crippen molar-refractivity contribution >= 4 is 27.8 Å². The van der Waals surface area contributed by atoms with E-state index in [4.69, 9.17) is 0 Å². The van der Waals surface area contributed by atoms with Crippen LogP contribution >= 0.6 is 0 Å². The molecule has 4 aliphatic rings. The van der Waals surface area contributed by atoms with E-state index in [0.717, 1.165) is 17.1 Å². The molecule has 1 nitrogen and oxygen atoms in total. The van der Waals surface area contributed by atoms with Crippen LogP contribution in [0.25, 0.3) is 77.5 Å². The average Bonchev–Trinajstić information content (AvgIpc) is 4.06. The third-order valence-corrected chi connectivity index (χ3v) is 17.3. The minimum absolute atomic E-state index is 0.159. The molecular weight excluding hydrogens is 867 g/mol. The Labute approximate surface area is 422 Å². The van der Waals surface area contributed by atoms with Crippen LogP contribution in [0, 0.1) is 0 Å². The highest BCUT2D eigenvalue weighted by Gasteiger charge is 2.52. The van der Waals surface area contributed by atoms with Crippen LogP contribution in [0.1, 0.15) is 72.2 Å². The first-order chi connectivity index (χ1) is 35.3. The summed E-state index contributed by atoms with van der Waals surface area (Å²) in [6, 6.07) is 89.6. The van der Waals surface area contributed by atoms with Crippen molar-refractivity contribution in [2.75, 3.05) is 4.90 Å². The Hall–Kier alpha value is -8.52. The highest BCUT2D eigenvalue weighted by atomic mass is 15.1. The van der Waals surface area contributed by atoms with Crippen molar-refractivity contribution in [2.24, 2.45) is 0 Å². The lowest BCUT2D eigenvalue weighted by Gasteiger charge is -2.32. The van der Waals surface area contributed by atoms with Crippen LogP contribution in [-0.4, -0.2) is 0 Å². The molecule has 0 fully saturated rings. The molecule has 11 aromatic carbocycles. The molecule has 72 heavy (non-hydrogen) atoms. The van der Waals surface area contributed by atoms with Gasteiger partial charge in [-0.1, -0.05) is 228 Å². The summed E-state index contributed by atoms with van der Waals surface area (Å²) in [5.74, 6) is 0. The van der Waals surface area contributed by atoms with E-state index >= 15 is 0 Å². The molecule has 1 spiro atoms. The quantitative estimate of drug-likeness (QED) is 0.166. The van der Waals surface area contributed by atoms with E-state index in [9.17, 15) is 0 Å². The molecule has 15 rings (SSSR count). The van der Waals surface area contributed by atoms with Crippen LogP contribution in [0.4, 0.5) is 17.1 Å². The number of anilines is 3. The van der Waals surface area contributed by atoms with Crippen molar-refractivity contribution in [3.63, 3.8) is 0 Å². The Morgan fingerprint density at radius 3 is 1.25 bits per heavy atom. The van der Waals surface area contributed by atoms with Gasteiger partial charge < -0.3 is 4.90 Å². The molecule has 0 saturated carbocycles. The van der Waals surface area contributed by atoms with Gasteiger partial charge in [0, 0.05) is 27.9 Å². The Kier molecular flexibility index (Phi) is 8.46. The Morgan fingerprint density at radius 1 is 0.264 bits per heavy atom. The molecule has 0 bridgehead atoms. The largest absolute Gasteiger partial charge is 0.310 e. The number of hydrogen-bond acceptors (Lipinski definition) is 1. The maximum Gasteiger partial charge on any atom is 0.0726 e. The van der Waals surface area contributed by atoms with Gasteiger partial charge in [0.1, 0.15) is 0 Å². The maximum absolute atomic E-state index is 2.52. The van der Waals surface area contributed by atoms with E-state index < -0.39 is 5.41 Å². The van der Waals surface area contributed by atoms with E-state index in [0.29, 0.717) is 0 Å². The first-order valence-corrected chi connectivity index (χ1v) is 25.6. The zero-order chi connectivity index (χ0) is 48.1. The molecule has 0 aliphatic heterocycles. The summed E-state index contributed by atoms with van der Waals surface area (Å²) < 4.78 is 0. The summed E-state index contributed by atoms with van der Waals surface area (Å²) in [4.78, 5) is 2.52. The minimum Gasteiger partial charge on any atom is -0.310 e. The van der Waals surface area contributed by atoms with Gasteiger partial charge in [-0.15, -0.1) is 0 Å². The number of nitrogens with zero attached hydrogens (tertiary/aromatic N) is 1. The third kappa shape index (κ3) is 5.33. The lowest BCUT2D eigenvalue weighted by atomic mass is 9.70. The average molecular weight is 918 g/mol. The zero-order valence-corrected chi connectivity index (χ0v) is 41.0. The fourth-order valence-electron chi connectivity index (χ4n) is 14.2. The normalized spacial score (nSPS) is 15.0. The molecule has 0 radical (unpaired) electrons. The fourth-order valence-corrected chi connectivity index (χ4v) is 14.2. The van der Waals surface area contributed by atoms with Crippen LogP contribution in [0.5, 0.6) is 0 Å². The first kappa shape index (κ1) is 41.3. The molecule has 0 aromatic heterocycles. The maximum atomic E-state index is 2.52. The molecule has 0 unspecified atom stereocenters. The summed E-state index contributed by atoms with van der Waals surface area (Å²) in [5, 5.41) is 2.60. The van der Waals surface area contributed by atoms with Crippen molar-refractivity contribution in [2.45, 2.75) is 43.9 Å². The highest BCUT2D eigenvalue weighted by molar-refractivity contribution is 6.14. The Bertz CT molecular complexity index is 4030. The van der Waals surface area contributed by atoms with Crippen LogP contribution in [0.3, 0.4) is 0 Å². The monoisotopic (exact) mass is 917 g/mol. The number of fused-ring (bicyclic) bond motifs is 18. The van der Waals surface area contributed by atoms with Crippen LogP contribution in [0.2, 0.25) is 0 Å². The van der Waals surface area contributed by atoms with Crippen molar-refractivity contribution in [1.29, 1.82) is 0 Å². The highest BCUT2D eigenvalue weighted by Crippen LogP contribution is 2.64. The van der Waals surface area contributed by atoms with E-state index in [1.807, 2.05) is 0 Å². The van der Waals surface area contributed by atoms with Gasteiger partial charge in [-0.2, -0.15) is 0 Å². The topological polar surface area (TPSA) is 3.24 Å². The molecule has 0 amide bonds. The standard InChI is InChI=1S/C71H51N/c1-69(2)58-29-15-10-22-49(58)53-40-38-47(42-63(53)69)72(48-39-41-54-52-25-13-19-33-62(52)71(64(54)43-48)60-31-17-11-23-50(60)51-24-12-18-32-61(51)71)46-36-34-45(35-37-46)65-55-26-8-9-27-56(55)68-67(66(65)44-20-6-5-7-21-44)57-28-14-16-30-59(57)70(68,3)4/h5-43H,1-4H3. The van der Waals surface area contributed by atoms with E-state index in [1.165, 1.54) is 122 Å². The predicted octanol–water partition coefficient (Wildman–Crippen LogP) is 18.6. The van der Waals surface area contributed by atoms with Crippen molar-refractivity contribution in [1.82, 2.24) is 0 Å². The van der Waals surface area contributed by atoms with Gasteiger partial charge in [-0.25, -0.2) is 0 Å². The molecule has 0 saturated heterocycles. The zero-order valence-electron chi connectivity index (χ0n) is 41.0. The fraction of sp³-hybridized carbons (Fsp3) is 0.0986. The van der Waals surface area contributed by atoms with Crippen LogP contribution in [-0.2, 0) is 16.2 Å². The number of hydrogen-bond donors (Lipinski definition) is 0. The Morgan fingerprint density at radius 2 is 0.667 bits per heavy atom. The summed E-state index contributed by atoms with van der Waals surface area (Å²) >= 11 is 0. The number of rotatable bonds is 5. The summed E-state index contributed by atoms with van der Waals surface area (Å²) in [7, 11) is 0. The lowest BCUT2D eigenvalue weighted by Crippen LogP contribution is -2.26. The van der Waals surface area contributed by atoms with Crippen molar-refractivity contribution in [3.8, 4) is 66.8 Å². The molecule has 0 N–H and O–H groups in total. The SMILES string of the molecule is CC1(C)c2ccccc2-c2ccc(N(c3ccc(-c4c(-c5ccccc5)c5c(c6ccccc46)C(C)(C)c4ccccc4-5)cc3)c3ccc4c(c3)C3(c5ccccc5-c5ccccc53)c3ccccc3-4)cc21. The minimum atomic E-state index is -0.456. The number of benzene rings is 11. The first-order valence-electron chi connectivity index (χ1n) is 25.6. The predicted molar refractivity (Wildman–Crippen MR) is 301 cm³/mol. The van der Waals surface area contributed by atoms with Gasteiger partial charge in [-0.05, 0) is 158 Å². The smallest absolute Gasteiger partial charge is 0.0726 e. The third-order valence-electron chi connectivity index (χ3n) is 17.3. The van der Waals surface area contributed by atoms with Gasteiger partial charge in [0.2, 0.25) is 0 Å². The molecule has 0 atom stereocenters. The van der Waals surface area contributed by atoms with Gasteiger partial charge in [0.25, 0.3) is 0 Å². The summed E-state index contributed by atoms with van der Waals surface area (Å²) in [6.45, 7) is 9.59. The van der Waals surface area contributed by atoms with Crippen LogP contribution < -0.4 is 4.90 Å². The van der Waals surface area contributed by atoms with E-state index in [1.54, 1.807) is 0 Å². The molecule has 4 aliphatic carbocycles. The summed E-state index contributed by atoms with van der Waals surface area (Å²) in [5.41, 5.74) is 29.1. The Balaban J connectivity index is 0.971. The molecule has 340 valence electrons. The lowest BCUT2D eigenvalue weighted by molar-refractivity contribution is 0.660. The van der Waals surface area contributed by atoms with Gasteiger partial charge in [-0.3, -0.25) is 0 Å². The van der Waals surface area contributed by atoms with Crippen LogP contribution in [0.15, 0.2) is 237 Å². The van der Waals surface area contributed by atoms with Gasteiger partial charge in [0.05, 0.1) is 5.41 Å². The van der Waals surface area contributed by atoms with Gasteiger partial charge in [0.15, 0.2) is 0 Å². The van der Waals surface area contributed by atoms with Crippen molar-refractivity contribution in [3.05, 3.63) is 281 Å². The second-order valence-electron chi connectivity index (χ2n) is 21.5. The molecule has 0 heterocycles. The summed E-state index contributed by atoms with van der Waals surface area (Å²) in [6.07, 6.45) is 0. The molecular formula is C71H51N. The van der Waals surface area contributed by atoms with E-state index in [2.05, 4.69) is 269 Å². The second kappa shape index (κ2) is 14.8.